The van der Waals surface area contributed by atoms with Crippen molar-refractivity contribution in [3.05, 3.63) is 35.9 Å². The summed E-state index contributed by atoms with van der Waals surface area (Å²) in [4.78, 5) is 9.38. The van der Waals surface area contributed by atoms with Crippen LogP contribution in [0.2, 0.25) is 0 Å². The molecule has 92 valence electrons. The average Bonchev–Trinajstić information content (AvgIpc) is 2.33. The van der Waals surface area contributed by atoms with Crippen molar-refractivity contribution < 1.29 is 14.6 Å². The SMILES string of the molecule is CC.CCOC(=O)O.CCc1ccccc1. The Labute approximate surface area is 98.1 Å². The molecule has 0 aromatic heterocycles. The van der Waals surface area contributed by atoms with Crippen molar-refractivity contribution in [2.45, 2.75) is 34.1 Å². The maximum atomic E-state index is 9.38. The van der Waals surface area contributed by atoms with Gasteiger partial charge in [0.1, 0.15) is 0 Å². The smallest absolute Gasteiger partial charge is 0.450 e. The van der Waals surface area contributed by atoms with Gasteiger partial charge in [0.05, 0.1) is 6.61 Å². The van der Waals surface area contributed by atoms with Crippen molar-refractivity contribution >= 4 is 6.16 Å². The first-order chi connectivity index (χ1) is 7.70. The van der Waals surface area contributed by atoms with Crippen LogP contribution in [0.4, 0.5) is 4.79 Å². The van der Waals surface area contributed by atoms with Crippen LogP contribution in [0.3, 0.4) is 0 Å². The number of ether oxygens (including phenoxy) is 1. The topological polar surface area (TPSA) is 46.5 Å². The second-order valence-electron chi connectivity index (χ2n) is 2.54. The number of benzene rings is 1. The van der Waals surface area contributed by atoms with E-state index < -0.39 is 6.16 Å². The molecule has 0 aliphatic heterocycles. The predicted octanol–water partition coefficient (Wildman–Crippen LogP) is 3.98. The number of rotatable bonds is 2. The molecule has 3 heteroatoms. The lowest BCUT2D eigenvalue weighted by atomic mass is 10.2. The number of aryl methyl sites for hydroxylation is 1. The molecule has 1 N–H and O–H groups in total. The normalized spacial score (nSPS) is 7.75. The Hall–Kier alpha value is -1.51. The van der Waals surface area contributed by atoms with Gasteiger partial charge in [-0.2, -0.15) is 0 Å². The summed E-state index contributed by atoms with van der Waals surface area (Å²) in [5.41, 5.74) is 1.41. The molecule has 0 spiro atoms. The van der Waals surface area contributed by atoms with Crippen molar-refractivity contribution in [2.24, 2.45) is 0 Å². The molecule has 0 saturated carbocycles. The molecule has 1 aromatic carbocycles. The monoisotopic (exact) mass is 226 g/mol. The third kappa shape index (κ3) is 12.5. The van der Waals surface area contributed by atoms with Gasteiger partial charge in [-0.3, -0.25) is 0 Å². The Bertz CT molecular complexity index is 245. The van der Waals surface area contributed by atoms with Gasteiger partial charge in [0, 0.05) is 0 Å². The highest BCUT2D eigenvalue weighted by Crippen LogP contribution is 1.96. The van der Waals surface area contributed by atoms with E-state index in [1.54, 1.807) is 6.92 Å². The van der Waals surface area contributed by atoms with E-state index in [-0.39, 0.29) is 6.61 Å². The first kappa shape index (κ1) is 16.9. The maximum absolute atomic E-state index is 9.38. The summed E-state index contributed by atoms with van der Waals surface area (Å²) in [6.45, 7) is 8.01. The van der Waals surface area contributed by atoms with Crippen LogP contribution in [0.15, 0.2) is 30.3 Å². The zero-order valence-electron chi connectivity index (χ0n) is 10.6. The van der Waals surface area contributed by atoms with Gasteiger partial charge in [-0.25, -0.2) is 4.79 Å². The fraction of sp³-hybridized carbons (Fsp3) is 0.462. The van der Waals surface area contributed by atoms with Gasteiger partial charge < -0.3 is 9.84 Å². The van der Waals surface area contributed by atoms with Crippen molar-refractivity contribution in [2.75, 3.05) is 6.61 Å². The lowest BCUT2D eigenvalue weighted by Gasteiger charge is -1.89. The standard InChI is InChI=1S/C8H10.C3H6O3.C2H6/c1-2-8-6-4-3-5-7-8;1-2-6-3(4)5;1-2/h3-7H,2H2,1H3;2H2,1H3,(H,4,5);1-2H3. The van der Waals surface area contributed by atoms with E-state index in [0.29, 0.717) is 0 Å². The number of carbonyl (C=O) groups is 1. The van der Waals surface area contributed by atoms with Gasteiger partial charge in [-0.05, 0) is 18.9 Å². The van der Waals surface area contributed by atoms with Crippen LogP contribution in [-0.2, 0) is 11.2 Å². The zero-order chi connectivity index (χ0) is 12.8. The van der Waals surface area contributed by atoms with Gasteiger partial charge in [-0.15, -0.1) is 0 Å². The summed E-state index contributed by atoms with van der Waals surface area (Å²) in [5.74, 6) is 0. The lowest BCUT2D eigenvalue weighted by molar-refractivity contribution is 0.0966. The van der Waals surface area contributed by atoms with E-state index in [1.165, 1.54) is 5.56 Å². The molecule has 0 unspecified atom stereocenters. The molecule has 16 heavy (non-hydrogen) atoms. The van der Waals surface area contributed by atoms with Crippen LogP contribution < -0.4 is 0 Å². The van der Waals surface area contributed by atoms with Crippen LogP contribution in [-0.4, -0.2) is 17.9 Å². The highest BCUT2D eigenvalue weighted by Gasteiger charge is 1.86. The minimum absolute atomic E-state index is 0.231. The average molecular weight is 226 g/mol. The van der Waals surface area contributed by atoms with Gasteiger partial charge in [0.15, 0.2) is 0 Å². The second kappa shape index (κ2) is 13.5. The highest BCUT2D eigenvalue weighted by molar-refractivity contribution is 5.56. The predicted molar refractivity (Wildman–Crippen MR) is 66.8 cm³/mol. The molecule has 1 aromatic rings. The quantitative estimate of drug-likeness (QED) is 0.776. The van der Waals surface area contributed by atoms with Crippen LogP contribution in [0, 0.1) is 0 Å². The minimum atomic E-state index is -1.21. The van der Waals surface area contributed by atoms with E-state index >= 15 is 0 Å². The summed E-state index contributed by atoms with van der Waals surface area (Å²) in [7, 11) is 0. The number of hydrogen-bond acceptors (Lipinski definition) is 2. The molecule has 0 aliphatic rings. The molecule has 0 aliphatic carbocycles. The summed E-state index contributed by atoms with van der Waals surface area (Å²) in [5, 5.41) is 7.69. The molecule has 0 bridgehead atoms. The van der Waals surface area contributed by atoms with E-state index in [2.05, 4.69) is 35.9 Å². The fourth-order valence-corrected chi connectivity index (χ4v) is 0.837. The highest BCUT2D eigenvalue weighted by atomic mass is 16.7. The van der Waals surface area contributed by atoms with E-state index in [9.17, 15) is 4.79 Å². The van der Waals surface area contributed by atoms with Crippen molar-refractivity contribution in [1.29, 1.82) is 0 Å². The Kier molecular flexibility index (Phi) is 14.3. The molecular formula is C13H22O3. The van der Waals surface area contributed by atoms with Crippen LogP contribution in [0.25, 0.3) is 0 Å². The molecule has 0 saturated heterocycles. The Morgan fingerprint density at radius 2 is 1.69 bits per heavy atom. The minimum Gasteiger partial charge on any atom is -0.450 e. The first-order valence-electron chi connectivity index (χ1n) is 5.60. The summed E-state index contributed by atoms with van der Waals surface area (Å²) in [6.07, 6.45) is -0.0709. The fourth-order valence-electron chi connectivity index (χ4n) is 0.837. The second-order valence-corrected chi connectivity index (χ2v) is 2.54. The third-order valence-corrected chi connectivity index (χ3v) is 1.52. The van der Waals surface area contributed by atoms with E-state index in [1.807, 2.05) is 19.9 Å². The van der Waals surface area contributed by atoms with Gasteiger partial charge >= 0.3 is 6.16 Å². The molecule has 0 amide bonds. The van der Waals surface area contributed by atoms with Crippen molar-refractivity contribution in [1.82, 2.24) is 0 Å². The van der Waals surface area contributed by atoms with Crippen molar-refractivity contribution in [3.63, 3.8) is 0 Å². The first-order valence-corrected chi connectivity index (χ1v) is 5.60. The van der Waals surface area contributed by atoms with Gasteiger partial charge in [0.25, 0.3) is 0 Å². The van der Waals surface area contributed by atoms with Gasteiger partial charge in [0.2, 0.25) is 0 Å². The Morgan fingerprint density at radius 1 is 1.19 bits per heavy atom. The van der Waals surface area contributed by atoms with E-state index in [4.69, 9.17) is 5.11 Å². The summed E-state index contributed by atoms with van der Waals surface area (Å²) < 4.78 is 3.96. The number of hydrogen-bond donors (Lipinski definition) is 1. The third-order valence-electron chi connectivity index (χ3n) is 1.52. The lowest BCUT2D eigenvalue weighted by Crippen LogP contribution is -1.97. The van der Waals surface area contributed by atoms with Gasteiger partial charge in [-0.1, -0.05) is 51.1 Å². The summed E-state index contributed by atoms with van der Waals surface area (Å²) >= 11 is 0. The molecule has 3 nitrogen and oxygen atoms in total. The van der Waals surface area contributed by atoms with Crippen LogP contribution in [0.5, 0.6) is 0 Å². The zero-order valence-corrected chi connectivity index (χ0v) is 10.6. The summed E-state index contributed by atoms with van der Waals surface area (Å²) in [6, 6.07) is 10.5. The Balaban J connectivity index is 0. The molecule has 1 rings (SSSR count). The Morgan fingerprint density at radius 3 is 1.88 bits per heavy atom. The van der Waals surface area contributed by atoms with Crippen LogP contribution in [0.1, 0.15) is 33.3 Å². The molecule has 0 radical (unpaired) electrons. The molecule has 0 atom stereocenters. The molecule has 0 heterocycles. The molecule has 0 fully saturated rings. The largest absolute Gasteiger partial charge is 0.505 e. The maximum Gasteiger partial charge on any atom is 0.505 e. The number of carboxylic acid groups (broad SMARTS) is 1. The van der Waals surface area contributed by atoms with Crippen LogP contribution >= 0.6 is 0 Å². The van der Waals surface area contributed by atoms with E-state index in [0.717, 1.165) is 6.42 Å². The molecular weight excluding hydrogens is 204 g/mol. The van der Waals surface area contributed by atoms with Crippen molar-refractivity contribution in [3.8, 4) is 0 Å².